The summed E-state index contributed by atoms with van der Waals surface area (Å²) in [5, 5.41) is 3.08. The van der Waals surface area contributed by atoms with E-state index in [1.807, 2.05) is 33.8 Å². The molecule has 5 nitrogen and oxygen atoms in total. The first-order chi connectivity index (χ1) is 9.37. The van der Waals surface area contributed by atoms with Gasteiger partial charge in [0.2, 0.25) is 5.91 Å². The van der Waals surface area contributed by atoms with Gasteiger partial charge in [0, 0.05) is 18.3 Å². The van der Waals surface area contributed by atoms with Gasteiger partial charge in [-0.2, -0.15) is 0 Å². The topological polar surface area (TPSA) is 58.1 Å². The van der Waals surface area contributed by atoms with Gasteiger partial charge in [-0.3, -0.25) is 4.79 Å². The number of nitrogens with one attached hydrogen (secondary N) is 1. The van der Waals surface area contributed by atoms with Gasteiger partial charge >= 0.3 is 0 Å². The van der Waals surface area contributed by atoms with Gasteiger partial charge < -0.3 is 10.2 Å². The highest BCUT2D eigenvalue weighted by Crippen LogP contribution is 2.23. The first kappa shape index (κ1) is 14.8. The van der Waals surface area contributed by atoms with Crippen LogP contribution in [0, 0.1) is 6.92 Å². The minimum Gasteiger partial charge on any atom is -0.350 e. The molecule has 0 aliphatic carbocycles. The number of aromatic nitrogens is 2. The van der Waals surface area contributed by atoms with Crippen molar-refractivity contribution in [2.75, 3.05) is 11.4 Å². The lowest BCUT2D eigenvalue weighted by Crippen LogP contribution is -2.54. The van der Waals surface area contributed by atoms with E-state index in [9.17, 15) is 4.79 Å². The van der Waals surface area contributed by atoms with Gasteiger partial charge in [0.05, 0.1) is 0 Å². The molecule has 0 spiro atoms. The smallest absolute Gasteiger partial charge is 0.243 e. The molecule has 0 aromatic carbocycles. The largest absolute Gasteiger partial charge is 0.350 e. The molecule has 1 amide bonds. The summed E-state index contributed by atoms with van der Waals surface area (Å²) in [6.07, 6.45) is 4.82. The first-order valence-electron chi connectivity index (χ1n) is 7.25. The van der Waals surface area contributed by atoms with Crippen LogP contribution >= 0.6 is 0 Å². The number of piperidine rings is 1. The molecular weight excluding hydrogens is 252 g/mol. The predicted octanol–water partition coefficient (Wildman–Crippen LogP) is 2.06. The van der Waals surface area contributed by atoms with E-state index in [1.54, 1.807) is 6.20 Å². The number of rotatable bonds is 2. The molecule has 20 heavy (non-hydrogen) atoms. The highest BCUT2D eigenvalue weighted by Gasteiger charge is 2.31. The molecule has 1 aliphatic heterocycles. The zero-order chi connectivity index (χ0) is 14.8. The standard InChI is InChI=1S/C15H24N4O/c1-11-16-9-8-13(17-11)19-10-6-5-7-12(19)14(20)18-15(2,3)4/h8-9,12H,5-7,10H2,1-4H3,(H,18,20)/t12-/m1/s1. The van der Waals surface area contributed by atoms with Gasteiger partial charge in [-0.1, -0.05) is 0 Å². The van der Waals surface area contributed by atoms with E-state index >= 15 is 0 Å². The van der Waals surface area contributed by atoms with Crippen molar-refractivity contribution < 1.29 is 4.79 Å². The summed E-state index contributed by atoms with van der Waals surface area (Å²) < 4.78 is 0. The van der Waals surface area contributed by atoms with E-state index in [2.05, 4.69) is 20.2 Å². The lowest BCUT2D eigenvalue weighted by Gasteiger charge is -2.37. The maximum absolute atomic E-state index is 12.5. The highest BCUT2D eigenvalue weighted by atomic mass is 16.2. The van der Waals surface area contributed by atoms with Gasteiger partial charge in [0.25, 0.3) is 0 Å². The van der Waals surface area contributed by atoms with Crippen molar-refractivity contribution in [3.63, 3.8) is 0 Å². The third-order valence-corrected chi connectivity index (χ3v) is 3.36. The Hall–Kier alpha value is -1.65. The number of carbonyl (C=O) groups is 1. The van der Waals surface area contributed by atoms with Crippen molar-refractivity contribution in [2.45, 2.75) is 58.5 Å². The van der Waals surface area contributed by atoms with Gasteiger partial charge in [0.1, 0.15) is 17.7 Å². The van der Waals surface area contributed by atoms with Crippen LogP contribution < -0.4 is 10.2 Å². The van der Waals surface area contributed by atoms with E-state index in [1.165, 1.54) is 0 Å². The van der Waals surface area contributed by atoms with Crippen molar-refractivity contribution in [1.29, 1.82) is 0 Å². The molecule has 1 aromatic heterocycles. The number of nitrogens with zero attached hydrogens (tertiary/aromatic N) is 3. The number of amides is 1. The molecule has 5 heteroatoms. The van der Waals surface area contributed by atoms with Crippen molar-refractivity contribution >= 4 is 11.7 Å². The van der Waals surface area contributed by atoms with Crippen LogP contribution in [0.25, 0.3) is 0 Å². The van der Waals surface area contributed by atoms with E-state index in [4.69, 9.17) is 0 Å². The maximum Gasteiger partial charge on any atom is 0.243 e. The number of hydrogen-bond acceptors (Lipinski definition) is 4. The molecular formula is C15H24N4O. The molecule has 2 heterocycles. The molecule has 1 aliphatic rings. The van der Waals surface area contributed by atoms with Gasteiger partial charge in [-0.25, -0.2) is 9.97 Å². The van der Waals surface area contributed by atoms with Gasteiger partial charge in [-0.15, -0.1) is 0 Å². The Morgan fingerprint density at radius 3 is 2.80 bits per heavy atom. The highest BCUT2D eigenvalue weighted by molar-refractivity contribution is 5.85. The SMILES string of the molecule is Cc1nccc(N2CCCC[C@@H]2C(=O)NC(C)(C)C)n1. The molecule has 1 N–H and O–H groups in total. The third kappa shape index (κ3) is 3.68. The summed E-state index contributed by atoms with van der Waals surface area (Å²) in [5.74, 6) is 1.68. The third-order valence-electron chi connectivity index (χ3n) is 3.36. The Morgan fingerprint density at radius 1 is 1.40 bits per heavy atom. The second-order valence-electron chi connectivity index (χ2n) is 6.41. The maximum atomic E-state index is 12.5. The van der Waals surface area contributed by atoms with E-state index in [0.717, 1.165) is 37.4 Å². The molecule has 0 radical (unpaired) electrons. The Labute approximate surface area is 120 Å². The molecule has 1 saturated heterocycles. The molecule has 1 fully saturated rings. The van der Waals surface area contributed by atoms with Crippen LogP contribution in [0.1, 0.15) is 45.9 Å². The molecule has 1 atom stereocenters. The minimum atomic E-state index is -0.207. The average Bonchev–Trinajstić information content (AvgIpc) is 2.37. The van der Waals surface area contributed by atoms with Crippen LogP contribution in [0.15, 0.2) is 12.3 Å². The normalized spacial score (nSPS) is 19.8. The zero-order valence-electron chi connectivity index (χ0n) is 12.8. The van der Waals surface area contributed by atoms with Crippen LogP contribution in [-0.4, -0.2) is 34.0 Å². The van der Waals surface area contributed by atoms with E-state index in [-0.39, 0.29) is 17.5 Å². The lowest BCUT2D eigenvalue weighted by atomic mass is 9.99. The fourth-order valence-corrected chi connectivity index (χ4v) is 2.53. The van der Waals surface area contributed by atoms with E-state index in [0.29, 0.717) is 0 Å². The van der Waals surface area contributed by atoms with Crippen LogP contribution in [0.3, 0.4) is 0 Å². The van der Waals surface area contributed by atoms with E-state index < -0.39 is 0 Å². The van der Waals surface area contributed by atoms with Gasteiger partial charge in [0.15, 0.2) is 0 Å². The molecule has 1 aromatic rings. The summed E-state index contributed by atoms with van der Waals surface area (Å²) in [6.45, 7) is 8.77. The lowest BCUT2D eigenvalue weighted by molar-refractivity contribution is -0.124. The van der Waals surface area contributed by atoms with Crippen molar-refractivity contribution in [3.8, 4) is 0 Å². The summed E-state index contributed by atoms with van der Waals surface area (Å²) in [4.78, 5) is 23.2. The van der Waals surface area contributed by atoms with Gasteiger partial charge in [-0.05, 0) is 53.0 Å². The fourth-order valence-electron chi connectivity index (χ4n) is 2.53. The number of carbonyl (C=O) groups excluding carboxylic acids is 1. The summed E-state index contributed by atoms with van der Waals surface area (Å²) in [6, 6.07) is 1.76. The number of anilines is 1. The minimum absolute atomic E-state index is 0.0912. The van der Waals surface area contributed by atoms with Crippen molar-refractivity contribution in [3.05, 3.63) is 18.1 Å². The Kier molecular flexibility index (Phi) is 4.26. The molecule has 110 valence electrons. The zero-order valence-corrected chi connectivity index (χ0v) is 12.8. The summed E-state index contributed by atoms with van der Waals surface area (Å²) >= 11 is 0. The van der Waals surface area contributed by atoms with Crippen LogP contribution in [0.4, 0.5) is 5.82 Å². The molecule has 0 saturated carbocycles. The monoisotopic (exact) mass is 276 g/mol. The first-order valence-corrected chi connectivity index (χ1v) is 7.25. The molecule has 0 bridgehead atoms. The molecule has 0 unspecified atom stereocenters. The Bertz CT molecular complexity index is 481. The fraction of sp³-hybridized carbons (Fsp3) is 0.667. The quantitative estimate of drug-likeness (QED) is 0.898. The van der Waals surface area contributed by atoms with Crippen molar-refractivity contribution in [1.82, 2.24) is 15.3 Å². The van der Waals surface area contributed by atoms with Crippen LogP contribution in [-0.2, 0) is 4.79 Å². The molecule has 2 rings (SSSR count). The Balaban J connectivity index is 2.19. The summed E-state index contributed by atoms with van der Waals surface area (Å²) in [7, 11) is 0. The van der Waals surface area contributed by atoms with Crippen LogP contribution in [0.2, 0.25) is 0 Å². The number of aryl methyl sites for hydroxylation is 1. The summed E-state index contributed by atoms with van der Waals surface area (Å²) in [5.41, 5.74) is -0.207. The second kappa shape index (κ2) is 5.77. The second-order valence-corrected chi connectivity index (χ2v) is 6.41. The Morgan fingerprint density at radius 2 is 2.15 bits per heavy atom. The average molecular weight is 276 g/mol. The van der Waals surface area contributed by atoms with Crippen LogP contribution in [0.5, 0.6) is 0 Å². The number of hydrogen-bond donors (Lipinski definition) is 1. The van der Waals surface area contributed by atoms with Crippen molar-refractivity contribution in [2.24, 2.45) is 0 Å². The predicted molar refractivity (Wildman–Crippen MR) is 79.6 cm³/mol.